The molecular formula is C30H24N2OS. The summed E-state index contributed by atoms with van der Waals surface area (Å²) in [6, 6.07) is 38.2. The van der Waals surface area contributed by atoms with Crippen LogP contribution in [-0.2, 0) is 0 Å². The molecule has 0 spiro atoms. The standard InChI is InChI=1S/C30H24N2OS/c1-22-17-19-26(20-18-22)32-28(24-13-7-3-8-14-24)27(21-23-11-5-2-6-12-23)34-30(32)31-29(33)25-15-9-4-10-16-25/h2-21,28H,1H3/b27-21-,31-30?. The quantitative estimate of drug-likeness (QED) is 0.316. The first-order chi connectivity index (χ1) is 16.7. The molecule has 4 aromatic rings. The average Bonchev–Trinajstić information content (AvgIpc) is 3.23. The number of rotatable bonds is 4. The van der Waals surface area contributed by atoms with E-state index in [1.807, 2.05) is 42.5 Å². The van der Waals surface area contributed by atoms with Crippen LogP contribution in [0.3, 0.4) is 0 Å². The van der Waals surface area contributed by atoms with E-state index in [0.717, 1.165) is 21.7 Å². The highest BCUT2D eigenvalue weighted by Crippen LogP contribution is 2.48. The molecule has 1 unspecified atom stereocenters. The van der Waals surface area contributed by atoms with Gasteiger partial charge >= 0.3 is 0 Å². The van der Waals surface area contributed by atoms with Crippen LogP contribution in [0.4, 0.5) is 5.69 Å². The van der Waals surface area contributed by atoms with Crippen molar-refractivity contribution in [3.63, 3.8) is 0 Å². The summed E-state index contributed by atoms with van der Waals surface area (Å²) in [4.78, 5) is 21.0. The Hall–Kier alpha value is -3.89. The number of aryl methyl sites for hydroxylation is 1. The molecule has 1 atom stereocenters. The maximum atomic E-state index is 13.1. The zero-order chi connectivity index (χ0) is 23.3. The second-order valence-corrected chi connectivity index (χ2v) is 9.18. The second kappa shape index (κ2) is 9.94. The highest BCUT2D eigenvalue weighted by Gasteiger charge is 2.37. The van der Waals surface area contributed by atoms with Gasteiger partial charge in [0.2, 0.25) is 0 Å². The van der Waals surface area contributed by atoms with Gasteiger partial charge in [0.15, 0.2) is 5.17 Å². The average molecular weight is 461 g/mol. The van der Waals surface area contributed by atoms with Crippen molar-refractivity contribution in [1.29, 1.82) is 0 Å². The summed E-state index contributed by atoms with van der Waals surface area (Å²) in [5, 5.41) is 0.675. The van der Waals surface area contributed by atoms with Gasteiger partial charge in [-0.05, 0) is 48.4 Å². The first-order valence-corrected chi connectivity index (χ1v) is 12.0. The molecule has 0 bridgehead atoms. The highest BCUT2D eigenvalue weighted by molar-refractivity contribution is 8.18. The van der Waals surface area contributed by atoms with E-state index < -0.39 is 0 Å². The maximum Gasteiger partial charge on any atom is 0.279 e. The van der Waals surface area contributed by atoms with E-state index >= 15 is 0 Å². The molecule has 1 aliphatic rings. The fraction of sp³-hybridized carbons (Fsp3) is 0.0667. The number of nitrogens with zero attached hydrogens (tertiary/aromatic N) is 2. The number of hydrogen-bond donors (Lipinski definition) is 0. The van der Waals surface area contributed by atoms with Gasteiger partial charge in [-0.1, -0.05) is 108 Å². The molecule has 166 valence electrons. The molecule has 1 amide bonds. The molecule has 0 N–H and O–H groups in total. The van der Waals surface area contributed by atoms with Gasteiger partial charge in [0.05, 0.1) is 6.04 Å². The van der Waals surface area contributed by atoms with E-state index in [1.165, 1.54) is 5.56 Å². The minimum absolute atomic E-state index is 0.0866. The van der Waals surface area contributed by atoms with Gasteiger partial charge < -0.3 is 4.90 Å². The van der Waals surface area contributed by atoms with Crippen LogP contribution in [0.2, 0.25) is 0 Å². The largest absolute Gasteiger partial charge is 0.308 e. The molecule has 1 fully saturated rings. The Kier molecular flexibility index (Phi) is 6.41. The molecule has 1 heterocycles. The van der Waals surface area contributed by atoms with Crippen molar-refractivity contribution in [3.05, 3.63) is 142 Å². The molecule has 1 saturated heterocycles. The minimum atomic E-state index is -0.243. The Labute approximate surface area is 204 Å². The summed E-state index contributed by atoms with van der Waals surface area (Å²) in [5.74, 6) is -0.243. The van der Waals surface area contributed by atoms with Crippen molar-refractivity contribution in [1.82, 2.24) is 0 Å². The molecule has 5 rings (SSSR count). The number of carbonyl (C=O) groups is 1. The predicted molar refractivity (Wildman–Crippen MR) is 143 cm³/mol. The number of aliphatic imine (C=N–C) groups is 1. The molecule has 3 nitrogen and oxygen atoms in total. The van der Waals surface area contributed by atoms with Gasteiger partial charge in [-0.2, -0.15) is 4.99 Å². The molecule has 0 aromatic heterocycles. The molecule has 4 heteroatoms. The summed E-state index contributed by atoms with van der Waals surface area (Å²) in [5.41, 5.74) is 5.03. The summed E-state index contributed by atoms with van der Waals surface area (Å²) >= 11 is 1.55. The van der Waals surface area contributed by atoms with Gasteiger partial charge in [0.25, 0.3) is 5.91 Å². The Balaban J connectivity index is 1.67. The van der Waals surface area contributed by atoms with Gasteiger partial charge in [-0.15, -0.1) is 0 Å². The monoisotopic (exact) mass is 460 g/mol. The lowest BCUT2D eigenvalue weighted by Gasteiger charge is -2.27. The van der Waals surface area contributed by atoms with Crippen LogP contribution in [0.5, 0.6) is 0 Å². The fourth-order valence-electron chi connectivity index (χ4n) is 3.99. The second-order valence-electron chi connectivity index (χ2n) is 8.14. The molecule has 0 saturated carbocycles. The zero-order valence-corrected chi connectivity index (χ0v) is 19.7. The van der Waals surface area contributed by atoms with E-state index in [4.69, 9.17) is 0 Å². The van der Waals surface area contributed by atoms with E-state index in [0.29, 0.717) is 10.7 Å². The third kappa shape index (κ3) is 4.73. The predicted octanol–water partition coefficient (Wildman–Crippen LogP) is 7.53. The molecule has 4 aromatic carbocycles. The number of amides is 1. The van der Waals surface area contributed by atoms with Gasteiger partial charge in [-0.25, -0.2) is 0 Å². The van der Waals surface area contributed by atoms with Crippen molar-refractivity contribution >= 4 is 34.6 Å². The van der Waals surface area contributed by atoms with E-state index in [9.17, 15) is 4.79 Å². The molecule has 34 heavy (non-hydrogen) atoms. The topological polar surface area (TPSA) is 32.7 Å². The Morgan fingerprint density at radius 2 is 1.38 bits per heavy atom. The minimum Gasteiger partial charge on any atom is -0.308 e. The Morgan fingerprint density at radius 1 is 0.794 bits per heavy atom. The van der Waals surface area contributed by atoms with Gasteiger partial charge in [0.1, 0.15) is 0 Å². The van der Waals surface area contributed by atoms with Crippen molar-refractivity contribution < 1.29 is 4.79 Å². The van der Waals surface area contributed by atoms with Crippen molar-refractivity contribution in [2.24, 2.45) is 4.99 Å². The van der Waals surface area contributed by atoms with Crippen LogP contribution in [-0.4, -0.2) is 11.1 Å². The number of hydrogen-bond acceptors (Lipinski definition) is 2. The van der Waals surface area contributed by atoms with E-state index in [2.05, 4.69) is 83.6 Å². The number of carbonyl (C=O) groups excluding carboxylic acids is 1. The number of thioether (sulfide) groups is 1. The molecule has 0 radical (unpaired) electrons. The number of benzene rings is 4. The zero-order valence-electron chi connectivity index (χ0n) is 18.8. The molecular weight excluding hydrogens is 436 g/mol. The lowest BCUT2D eigenvalue weighted by atomic mass is 10.0. The summed E-state index contributed by atoms with van der Waals surface area (Å²) in [6.45, 7) is 2.08. The van der Waals surface area contributed by atoms with Crippen molar-refractivity contribution in [3.8, 4) is 0 Å². The van der Waals surface area contributed by atoms with Crippen molar-refractivity contribution in [2.75, 3.05) is 4.90 Å². The van der Waals surface area contributed by atoms with E-state index in [1.54, 1.807) is 23.9 Å². The Morgan fingerprint density at radius 3 is 2.03 bits per heavy atom. The third-order valence-electron chi connectivity index (χ3n) is 5.70. The van der Waals surface area contributed by atoms with Crippen molar-refractivity contribution in [2.45, 2.75) is 13.0 Å². The normalized spacial score (nSPS) is 17.9. The summed E-state index contributed by atoms with van der Waals surface area (Å²) in [6.07, 6.45) is 2.19. The molecule has 1 aliphatic heterocycles. The van der Waals surface area contributed by atoms with Crippen LogP contribution in [0, 0.1) is 6.92 Å². The number of amidine groups is 1. The van der Waals surface area contributed by atoms with E-state index in [-0.39, 0.29) is 11.9 Å². The molecule has 0 aliphatic carbocycles. The van der Waals surface area contributed by atoms with Crippen LogP contribution in [0.15, 0.2) is 125 Å². The summed E-state index contributed by atoms with van der Waals surface area (Å²) in [7, 11) is 0. The van der Waals surface area contributed by atoms with Gasteiger partial charge in [0, 0.05) is 16.2 Å². The smallest absolute Gasteiger partial charge is 0.279 e. The number of anilines is 1. The lowest BCUT2D eigenvalue weighted by Crippen LogP contribution is -2.28. The highest BCUT2D eigenvalue weighted by atomic mass is 32.2. The SMILES string of the molecule is Cc1ccc(N2C(=NC(=O)c3ccccc3)S/C(=C\c3ccccc3)C2c2ccccc2)cc1. The van der Waals surface area contributed by atoms with Crippen LogP contribution in [0.1, 0.15) is 33.1 Å². The fourth-order valence-corrected chi connectivity index (χ4v) is 5.19. The third-order valence-corrected chi connectivity index (χ3v) is 6.74. The summed E-state index contributed by atoms with van der Waals surface area (Å²) < 4.78 is 0. The van der Waals surface area contributed by atoms with Crippen LogP contribution < -0.4 is 4.90 Å². The van der Waals surface area contributed by atoms with Crippen LogP contribution in [0.25, 0.3) is 6.08 Å². The van der Waals surface area contributed by atoms with Crippen LogP contribution >= 0.6 is 11.8 Å². The first-order valence-electron chi connectivity index (χ1n) is 11.2. The Bertz CT molecular complexity index is 1330. The lowest BCUT2D eigenvalue weighted by molar-refractivity contribution is 0.100. The van der Waals surface area contributed by atoms with Gasteiger partial charge in [-0.3, -0.25) is 4.79 Å². The maximum absolute atomic E-state index is 13.1. The first kappa shape index (κ1) is 21.9.